The van der Waals surface area contributed by atoms with Crippen LogP contribution in [-0.2, 0) is 4.79 Å². The average molecular weight is 419 g/mol. The number of ketones is 1. The third-order valence-corrected chi connectivity index (χ3v) is 6.31. The molecule has 31 heavy (non-hydrogen) atoms. The topological polar surface area (TPSA) is 70.8 Å². The van der Waals surface area contributed by atoms with Gasteiger partial charge >= 0.3 is 0 Å². The molecular formula is C25H22FNO4. The maximum atomic E-state index is 14.9. The number of aliphatic hydroxyl groups is 1. The van der Waals surface area contributed by atoms with Gasteiger partial charge in [0.1, 0.15) is 11.4 Å². The van der Waals surface area contributed by atoms with Gasteiger partial charge in [0.15, 0.2) is 11.5 Å². The van der Waals surface area contributed by atoms with Gasteiger partial charge in [0.2, 0.25) is 5.78 Å². The van der Waals surface area contributed by atoms with Gasteiger partial charge in [0.05, 0.1) is 11.6 Å². The first-order chi connectivity index (χ1) is 15.1. The van der Waals surface area contributed by atoms with Gasteiger partial charge in [0, 0.05) is 17.0 Å². The molecule has 1 fully saturated rings. The zero-order valence-electron chi connectivity index (χ0n) is 16.9. The maximum Gasteiger partial charge on any atom is 0.290 e. The van der Waals surface area contributed by atoms with E-state index in [-0.39, 0.29) is 22.9 Å². The largest absolute Gasteiger partial charge is 0.503 e. The minimum absolute atomic E-state index is 0.0161. The summed E-state index contributed by atoms with van der Waals surface area (Å²) < 4.78 is 20.6. The lowest BCUT2D eigenvalue weighted by Gasteiger charge is -2.36. The Morgan fingerprint density at radius 3 is 2.48 bits per heavy atom. The first kappa shape index (κ1) is 19.5. The molecule has 2 heterocycles. The Hall–Kier alpha value is -3.41. The Morgan fingerprint density at radius 2 is 1.74 bits per heavy atom. The number of halogens is 1. The summed E-state index contributed by atoms with van der Waals surface area (Å²) in [5, 5.41) is 11.5. The van der Waals surface area contributed by atoms with E-state index in [1.54, 1.807) is 36.4 Å². The highest BCUT2D eigenvalue weighted by Gasteiger charge is 2.48. The summed E-state index contributed by atoms with van der Waals surface area (Å²) in [4.78, 5) is 28.1. The molecular weight excluding hydrogens is 397 g/mol. The zero-order valence-corrected chi connectivity index (χ0v) is 16.9. The number of benzene rings is 2. The second-order valence-electron chi connectivity index (χ2n) is 8.17. The van der Waals surface area contributed by atoms with E-state index in [9.17, 15) is 19.1 Å². The fourth-order valence-corrected chi connectivity index (χ4v) is 4.82. The van der Waals surface area contributed by atoms with E-state index in [4.69, 9.17) is 4.42 Å². The molecule has 5 rings (SSSR count). The number of hydrogen-bond acceptors (Lipinski definition) is 4. The monoisotopic (exact) mass is 419 g/mol. The summed E-state index contributed by atoms with van der Waals surface area (Å²) in [6.07, 6.45) is 4.50. The van der Waals surface area contributed by atoms with Crippen LogP contribution < -0.4 is 0 Å². The van der Waals surface area contributed by atoms with Gasteiger partial charge in [-0.05, 0) is 31.0 Å². The van der Waals surface area contributed by atoms with E-state index in [0.29, 0.717) is 5.58 Å². The van der Waals surface area contributed by atoms with Gasteiger partial charge in [0.25, 0.3) is 5.91 Å². The molecule has 3 aromatic rings. The number of furan rings is 1. The Labute approximate surface area is 178 Å². The number of hydrogen-bond donors (Lipinski definition) is 1. The number of rotatable bonds is 4. The van der Waals surface area contributed by atoms with E-state index in [1.165, 1.54) is 11.0 Å². The molecule has 0 spiro atoms. The Kier molecular flexibility index (Phi) is 4.85. The number of aliphatic hydroxyl groups excluding tert-OH is 1. The fraction of sp³-hybridized carbons (Fsp3) is 0.280. The Bertz CT molecular complexity index is 1170. The minimum atomic E-state index is -0.988. The summed E-state index contributed by atoms with van der Waals surface area (Å²) in [6, 6.07) is 13.7. The number of amides is 1. The number of carbonyl (C=O) groups excluding carboxylic acids is 2. The molecule has 0 bridgehead atoms. The highest BCUT2D eigenvalue weighted by Crippen LogP contribution is 2.43. The van der Waals surface area contributed by atoms with E-state index in [2.05, 4.69) is 0 Å². The number of nitrogens with zero attached hydrogens (tertiary/aromatic N) is 1. The third-order valence-electron chi connectivity index (χ3n) is 6.31. The van der Waals surface area contributed by atoms with Crippen LogP contribution in [0.1, 0.15) is 54.3 Å². The van der Waals surface area contributed by atoms with E-state index in [0.717, 1.165) is 37.5 Å². The predicted molar refractivity (Wildman–Crippen MR) is 113 cm³/mol. The number of fused-ring (bicyclic) bond motifs is 1. The molecule has 1 atom stereocenters. The van der Waals surface area contributed by atoms with Crippen LogP contribution in [0, 0.1) is 5.82 Å². The van der Waals surface area contributed by atoms with Crippen LogP contribution in [0.4, 0.5) is 4.39 Å². The summed E-state index contributed by atoms with van der Waals surface area (Å²) in [6.45, 7) is 0. The standard InChI is InChI=1S/C25H22FNO4/c26-18-12-6-5-11-17(18)22-21(23(28)20-14-15-8-4-7-13-19(15)31-20)24(29)25(30)27(22)16-9-2-1-3-10-16/h4-8,11-14,16,22,29H,1-3,9-10H2. The van der Waals surface area contributed by atoms with Gasteiger partial charge in [-0.2, -0.15) is 0 Å². The Balaban J connectivity index is 1.63. The van der Waals surface area contributed by atoms with Crippen LogP contribution in [0.5, 0.6) is 0 Å². The minimum Gasteiger partial charge on any atom is -0.503 e. The van der Waals surface area contributed by atoms with Crippen LogP contribution in [-0.4, -0.2) is 27.7 Å². The molecule has 158 valence electrons. The van der Waals surface area contributed by atoms with Crippen molar-refractivity contribution in [3.05, 3.63) is 83.1 Å². The summed E-state index contributed by atoms with van der Waals surface area (Å²) in [5.41, 5.74) is 0.603. The van der Waals surface area contributed by atoms with Gasteiger partial charge < -0.3 is 14.4 Å². The summed E-state index contributed by atoms with van der Waals surface area (Å²) in [7, 11) is 0. The van der Waals surface area contributed by atoms with Gasteiger partial charge in [-0.25, -0.2) is 4.39 Å². The molecule has 0 saturated heterocycles. The van der Waals surface area contributed by atoms with Crippen molar-refractivity contribution in [3.63, 3.8) is 0 Å². The van der Waals surface area contributed by atoms with Crippen LogP contribution in [0.3, 0.4) is 0 Å². The normalized spacial score (nSPS) is 20.1. The van der Waals surface area contributed by atoms with Gasteiger partial charge in [-0.1, -0.05) is 55.7 Å². The van der Waals surface area contributed by atoms with Crippen molar-refractivity contribution in [1.29, 1.82) is 0 Å². The van der Waals surface area contributed by atoms with Crippen molar-refractivity contribution in [2.45, 2.75) is 44.2 Å². The number of para-hydroxylation sites is 1. The lowest BCUT2D eigenvalue weighted by Crippen LogP contribution is -2.41. The SMILES string of the molecule is O=C(C1=C(O)C(=O)N(C2CCCCC2)C1c1ccccc1F)c1cc2ccccc2o1. The first-order valence-corrected chi connectivity index (χ1v) is 10.6. The predicted octanol–water partition coefficient (Wildman–Crippen LogP) is 5.48. The molecule has 1 amide bonds. The molecule has 1 aliphatic heterocycles. The molecule has 1 aliphatic carbocycles. The lowest BCUT2D eigenvalue weighted by molar-refractivity contribution is -0.132. The fourth-order valence-electron chi connectivity index (χ4n) is 4.82. The quantitative estimate of drug-likeness (QED) is 0.568. The van der Waals surface area contributed by atoms with Crippen molar-refractivity contribution in [3.8, 4) is 0 Å². The van der Waals surface area contributed by atoms with E-state index in [1.807, 2.05) is 12.1 Å². The number of carbonyl (C=O) groups is 2. The van der Waals surface area contributed by atoms with E-state index < -0.39 is 29.3 Å². The summed E-state index contributed by atoms with van der Waals surface area (Å²) >= 11 is 0. The van der Waals surface area contributed by atoms with Gasteiger partial charge in [-0.3, -0.25) is 9.59 Å². The summed E-state index contributed by atoms with van der Waals surface area (Å²) in [5.74, 6) is -2.36. The molecule has 1 saturated carbocycles. The number of Topliss-reactive ketones (excluding diaryl/α,β-unsaturated/α-hetero) is 1. The second kappa shape index (κ2) is 7.69. The van der Waals surface area contributed by atoms with Crippen molar-refractivity contribution in [1.82, 2.24) is 4.90 Å². The molecule has 1 unspecified atom stereocenters. The highest BCUT2D eigenvalue weighted by molar-refractivity contribution is 6.16. The zero-order chi connectivity index (χ0) is 21.5. The van der Waals surface area contributed by atoms with Crippen LogP contribution >= 0.6 is 0 Å². The molecule has 2 aromatic carbocycles. The van der Waals surface area contributed by atoms with Crippen molar-refractivity contribution >= 4 is 22.7 Å². The van der Waals surface area contributed by atoms with Crippen molar-refractivity contribution < 1.29 is 23.5 Å². The Morgan fingerprint density at radius 1 is 1.03 bits per heavy atom. The highest BCUT2D eigenvalue weighted by atomic mass is 19.1. The maximum absolute atomic E-state index is 14.9. The van der Waals surface area contributed by atoms with Crippen LogP contribution in [0.2, 0.25) is 0 Å². The second-order valence-corrected chi connectivity index (χ2v) is 8.17. The third kappa shape index (κ3) is 3.23. The average Bonchev–Trinajstić information content (AvgIpc) is 3.34. The van der Waals surface area contributed by atoms with Crippen molar-refractivity contribution in [2.24, 2.45) is 0 Å². The molecule has 5 nitrogen and oxygen atoms in total. The first-order valence-electron chi connectivity index (χ1n) is 10.6. The van der Waals surface area contributed by atoms with Gasteiger partial charge in [-0.15, -0.1) is 0 Å². The smallest absolute Gasteiger partial charge is 0.290 e. The van der Waals surface area contributed by atoms with Crippen molar-refractivity contribution in [2.75, 3.05) is 0 Å². The van der Waals surface area contributed by atoms with Crippen LogP contribution in [0.25, 0.3) is 11.0 Å². The van der Waals surface area contributed by atoms with E-state index >= 15 is 0 Å². The molecule has 6 heteroatoms. The van der Waals surface area contributed by atoms with Crippen LogP contribution in [0.15, 0.2) is 70.3 Å². The lowest BCUT2D eigenvalue weighted by atomic mass is 9.90. The molecule has 1 N–H and O–H groups in total. The molecule has 1 aromatic heterocycles. The molecule has 0 radical (unpaired) electrons. The molecule has 2 aliphatic rings.